The van der Waals surface area contributed by atoms with Crippen molar-refractivity contribution in [3.05, 3.63) is 0 Å². The zero-order valence-electron chi connectivity index (χ0n) is 17.2. The Balaban J connectivity index is 0.000000515. The summed E-state index contributed by atoms with van der Waals surface area (Å²) >= 11 is 0. The highest BCUT2D eigenvalue weighted by atomic mass is 14.2. The molecule has 0 N–H and O–H groups in total. The lowest BCUT2D eigenvalue weighted by Gasteiger charge is -2.19. The Labute approximate surface area is 149 Å². The predicted molar refractivity (Wildman–Crippen MR) is 108 cm³/mol. The molecule has 1 aliphatic carbocycles. The highest BCUT2D eigenvalue weighted by Crippen LogP contribution is 2.25. The summed E-state index contributed by atoms with van der Waals surface area (Å²) in [6.45, 7) is 9.34. The second-order valence-corrected chi connectivity index (χ2v) is 8.07. The van der Waals surface area contributed by atoms with Crippen molar-refractivity contribution in [1.82, 2.24) is 0 Å². The first-order chi connectivity index (χ1) is 11.2. The third kappa shape index (κ3) is 16.6. The van der Waals surface area contributed by atoms with Gasteiger partial charge in [0.2, 0.25) is 0 Å². The van der Waals surface area contributed by atoms with Gasteiger partial charge in [0.25, 0.3) is 0 Å². The Morgan fingerprint density at radius 2 is 1.09 bits per heavy atom. The molecular formula is C23H48. The van der Waals surface area contributed by atoms with Crippen LogP contribution in [0.1, 0.15) is 137 Å². The van der Waals surface area contributed by atoms with Gasteiger partial charge in [-0.15, -0.1) is 0 Å². The van der Waals surface area contributed by atoms with Crippen LogP contribution in [-0.2, 0) is 0 Å². The van der Waals surface area contributed by atoms with Crippen LogP contribution in [0.4, 0.5) is 0 Å². The molecule has 2 unspecified atom stereocenters. The number of hydrogen-bond acceptors (Lipinski definition) is 0. The normalized spacial score (nSPS) is 24.0. The molecule has 0 aromatic rings. The van der Waals surface area contributed by atoms with Crippen LogP contribution in [0.2, 0.25) is 0 Å². The van der Waals surface area contributed by atoms with Gasteiger partial charge in [0.15, 0.2) is 0 Å². The second kappa shape index (κ2) is 18.3. The summed E-state index contributed by atoms with van der Waals surface area (Å²) in [7, 11) is 0. The fourth-order valence-corrected chi connectivity index (χ4v) is 3.70. The Bertz CT molecular complexity index is 202. The summed E-state index contributed by atoms with van der Waals surface area (Å²) in [6.07, 6.45) is 24.8. The van der Waals surface area contributed by atoms with Gasteiger partial charge >= 0.3 is 0 Å². The summed E-state index contributed by atoms with van der Waals surface area (Å²) < 4.78 is 0. The molecule has 1 saturated carbocycles. The van der Waals surface area contributed by atoms with Crippen molar-refractivity contribution in [3.63, 3.8) is 0 Å². The molecule has 0 heteroatoms. The molecule has 0 bridgehead atoms. The van der Waals surface area contributed by atoms with Crippen LogP contribution in [0.5, 0.6) is 0 Å². The highest BCUT2D eigenvalue weighted by molar-refractivity contribution is 4.63. The van der Waals surface area contributed by atoms with E-state index in [0.717, 1.165) is 11.8 Å². The lowest BCUT2D eigenvalue weighted by atomic mass is 9.87. The molecule has 0 aromatic carbocycles. The molecule has 0 aromatic heterocycles. The minimum atomic E-state index is 0.985. The molecule has 0 radical (unpaired) electrons. The fourth-order valence-electron chi connectivity index (χ4n) is 3.70. The third-order valence-electron chi connectivity index (χ3n) is 5.66. The van der Waals surface area contributed by atoms with E-state index in [9.17, 15) is 0 Å². The minimum Gasteiger partial charge on any atom is -0.0654 e. The average Bonchev–Trinajstić information content (AvgIpc) is 2.56. The van der Waals surface area contributed by atoms with Crippen LogP contribution in [0.3, 0.4) is 0 Å². The van der Waals surface area contributed by atoms with E-state index < -0.39 is 0 Å². The number of unbranched alkanes of at least 4 members (excludes halogenated alkanes) is 5. The zero-order valence-corrected chi connectivity index (χ0v) is 17.2. The van der Waals surface area contributed by atoms with E-state index in [2.05, 4.69) is 27.7 Å². The van der Waals surface area contributed by atoms with Gasteiger partial charge in [0, 0.05) is 0 Å². The average molecular weight is 325 g/mol. The van der Waals surface area contributed by atoms with Crippen LogP contribution in [-0.4, -0.2) is 0 Å². The van der Waals surface area contributed by atoms with Crippen molar-refractivity contribution < 1.29 is 0 Å². The standard InChI is InChI=1S/C15H30.C8H18/c1-3-15-11-9-7-5-4-6-8-10-14(2)12-13-15;1-3-5-7-8-6-4-2/h14-15H,3-13H2,1-2H3;3-8H2,1-2H3. The molecule has 0 aliphatic heterocycles. The molecule has 1 rings (SSSR count). The van der Waals surface area contributed by atoms with Crippen LogP contribution < -0.4 is 0 Å². The molecule has 0 nitrogen and oxygen atoms in total. The smallest absolute Gasteiger partial charge is 0.0417 e. The molecular weight excluding hydrogens is 276 g/mol. The summed E-state index contributed by atoms with van der Waals surface area (Å²) in [4.78, 5) is 0. The number of rotatable bonds is 6. The van der Waals surface area contributed by atoms with Gasteiger partial charge in [0.1, 0.15) is 0 Å². The van der Waals surface area contributed by atoms with Crippen LogP contribution in [0, 0.1) is 11.8 Å². The third-order valence-corrected chi connectivity index (χ3v) is 5.66. The van der Waals surface area contributed by atoms with Crippen molar-refractivity contribution in [2.24, 2.45) is 11.8 Å². The monoisotopic (exact) mass is 324 g/mol. The Morgan fingerprint density at radius 1 is 0.565 bits per heavy atom. The molecule has 1 aliphatic rings. The van der Waals surface area contributed by atoms with Gasteiger partial charge in [0.05, 0.1) is 0 Å². The first-order valence-corrected chi connectivity index (χ1v) is 11.2. The Kier molecular flexibility index (Phi) is 18.3. The summed E-state index contributed by atoms with van der Waals surface area (Å²) in [6, 6.07) is 0. The largest absolute Gasteiger partial charge is 0.0654 e. The van der Waals surface area contributed by atoms with Gasteiger partial charge in [-0.2, -0.15) is 0 Å². The van der Waals surface area contributed by atoms with Crippen molar-refractivity contribution in [2.45, 2.75) is 137 Å². The van der Waals surface area contributed by atoms with E-state index in [-0.39, 0.29) is 0 Å². The van der Waals surface area contributed by atoms with Gasteiger partial charge in [-0.3, -0.25) is 0 Å². The lowest BCUT2D eigenvalue weighted by molar-refractivity contribution is 0.344. The fraction of sp³-hybridized carbons (Fsp3) is 1.00. The van der Waals surface area contributed by atoms with E-state index in [1.807, 2.05) is 0 Å². The maximum absolute atomic E-state index is 2.46. The first kappa shape index (κ1) is 23.0. The Morgan fingerprint density at radius 3 is 1.61 bits per heavy atom. The van der Waals surface area contributed by atoms with E-state index in [1.54, 1.807) is 0 Å². The molecule has 0 spiro atoms. The van der Waals surface area contributed by atoms with Crippen LogP contribution in [0.15, 0.2) is 0 Å². The predicted octanol–water partition coefficient (Wildman–Crippen LogP) is 8.93. The summed E-state index contributed by atoms with van der Waals surface area (Å²) in [5.74, 6) is 2.02. The minimum absolute atomic E-state index is 0.985. The molecule has 0 saturated heterocycles. The summed E-state index contributed by atoms with van der Waals surface area (Å²) in [5.41, 5.74) is 0. The van der Waals surface area contributed by atoms with Crippen molar-refractivity contribution in [2.75, 3.05) is 0 Å². The molecule has 1 fully saturated rings. The number of hydrogen-bond donors (Lipinski definition) is 0. The lowest BCUT2D eigenvalue weighted by Crippen LogP contribution is -2.04. The van der Waals surface area contributed by atoms with E-state index in [1.165, 1.54) is 109 Å². The first-order valence-electron chi connectivity index (χ1n) is 11.2. The second-order valence-electron chi connectivity index (χ2n) is 8.07. The maximum atomic E-state index is 2.46. The van der Waals surface area contributed by atoms with Gasteiger partial charge in [-0.25, -0.2) is 0 Å². The molecule has 2 atom stereocenters. The highest BCUT2D eigenvalue weighted by Gasteiger charge is 2.10. The molecule has 140 valence electrons. The Hall–Kier alpha value is 0. The molecule has 0 amide bonds. The van der Waals surface area contributed by atoms with E-state index in [4.69, 9.17) is 0 Å². The topological polar surface area (TPSA) is 0 Å². The van der Waals surface area contributed by atoms with Gasteiger partial charge in [-0.1, -0.05) is 137 Å². The van der Waals surface area contributed by atoms with Crippen molar-refractivity contribution in [1.29, 1.82) is 0 Å². The zero-order chi connectivity index (χ0) is 17.2. The van der Waals surface area contributed by atoms with Crippen LogP contribution >= 0.6 is 0 Å². The van der Waals surface area contributed by atoms with Crippen molar-refractivity contribution in [3.8, 4) is 0 Å². The maximum Gasteiger partial charge on any atom is -0.0417 e. The van der Waals surface area contributed by atoms with E-state index >= 15 is 0 Å². The van der Waals surface area contributed by atoms with Gasteiger partial charge in [-0.05, 0) is 11.8 Å². The van der Waals surface area contributed by atoms with Gasteiger partial charge < -0.3 is 0 Å². The SMILES string of the molecule is CCC1CCCCCCCCC(C)CC1.CCCCCCCC. The molecule has 0 heterocycles. The quantitative estimate of drug-likeness (QED) is 0.428. The molecule has 23 heavy (non-hydrogen) atoms. The summed E-state index contributed by atoms with van der Waals surface area (Å²) in [5, 5.41) is 0. The van der Waals surface area contributed by atoms with Crippen molar-refractivity contribution >= 4 is 0 Å². The van der Waals surface area contributed by atoms with Crippen LogP contribution in [0.25, 0.3) is 0 Å². The van der Waals surface area contributed by atoms with E-state index in [0.29, 0.717) is 0 Å².